The molecule has 1 fully saturated rings. The molecule has 1 rings (SSSR count). The Morgan fingerprint density at radius 1 is 1.36 bits per heavy atom. The first-order valence-corrected chi connectivity index (χ1v) is 5.33. The van der Waals surface area contributed by atoms with Crippen molar-refractivity contribution in [1.29, 1.82) is 0 Å². The van der Waals surface area contributed by atoms with Crippen LogP contribution in [0.25, 0.3) is 0 Å². The summed E-state index contributed by atoms with van der Waals surface area (Å²) < 4.78 is 24.4. The lowest BCUT2D eigenvalue weighted by atomic mass is 9.84. The van der Waals surface area contributed by atoms with Crippen LogP contribution in [0.2, 0.25) is 0 Å². The fraction of sp³-hybridized carbons (Fsp3) is 1.00. The van der Waals surface area contributed by atoms with Crippen molar-refractivity contribution in [3.05, 3.63) is 0 Å². The minimum Gasteiger partial charge on any atom is -0.330 e. The zero-order valence-corrected chi connectivity index (χ0v) is 8.76. The van der Waals surface area contributed by atoms with Gasteiger partial charge in [-0.25, -0.2) is 8.78 Å². The van der Waals surface area contributed by atoms with Crippen LogP contribution in [0.3, 0.4) is 0 Å². The Morgan fingerprint density at radius 2 is 2.00 bits per heavy atom. The van der Waals surface area contributed by atoms with Gasteiger partial charge in [0, 0.05) is 6.04 Å². The molecule has 0 heterocycles. The number of halogens is 2. The Hall–Kier alpha value is -0.220. The van der Waals surface area contributed by atoms with Gasteiger partial charge < -0.3 is 5.73 Å². The number of hydrogen-bond donors (Lipinski definition) is 1. The number of rotatable bonds is 4. The molecule has 0 saturated heterocycles. The van der Waals surface area contributed by atoms with E-state index in [0.717, 1.165) is 19.3 Å². The molecule has 0 aromatic carbocycles. The molecule has 0 aromatic rings. The van der Waals surface area contributed by atoms with E-state index in [2.05, 4.69) is 0 Å². The van der Waals surface area contributed by atoms with Gasteiger partial charge in [0.05, 0.1) is 6.54 Å². The van der Waals surface area contributed by atoms with E-state index in [-0.39, 0.29) is 12.6 Å². The smallest absolute Gasteiger partial charge is 0.251 e. The molecule has 2 unspecified atom stereocenters. The molecule has 0 aliphatic heterocycles. The van der Waals surface area contributed by atoms with Crippen molar-refractivity contribution in [2.24, 2.45) is 11.7 Å². The largest absolute Gasteiger partial charge is 0.330 e. The van der Waals surface area contributed by atoms with E-state index in [4.69, 9.17) is 5.73 Å². The Morgan fingerprint density at radius 3 is 2.57 bits per heavy atom. The minimum absolute atomic E-state index is 0.124. The third-order valence-corrected chi connectivity index (χ3v) is 3.16. The predicted octanol–water partition coefficient (Wildman–Crippen LogP) is 1.70. The van der Waals surface area contributed by atoms with E-state index in [0.29, 0.717) is 12.5 Å². The van der Waals surface area contributed by atoms with E-state index in [9.17, 15) is 8.78 Å². The van der Waals surface area contributed by atoms with Gasteiger partial charge >= 0.3 is 0 Å². The van der Waals surface area contributed by atoms with Crippen LogP contribution in [0.15, 0.2) is 0 Å². The molecule has 84 valence electrons. The molecule has 2 atom stereocenters. The quantitative estimate of drug-likeness (QED) is 0.758. The maximum atomic E-state index is 12.2. The standard InChI is InChI=1S/C10H20F2N2/c1-14(7-10(11)12)9-5-3-2-4-8(9)6-13/h8-10H,2-7,13H2,1H3. The van der Waals surface area contributed by atoms with Gasteiger partial charge in [-0.15, -0.1) is 0 Å². The van der Waals surface area contributed by atoms with E-state index in [1.54, 1.807) is 11.9 Å². The summed E-state index contributed by atoms with van der Waals surface area (Å²) >= 11 is 0. The van der Waals surface area contributed by atoms with Crippen LogP contribution >= 0.6 is 0 Å². The van der Waals surface area contributed by atoms with Crippen molar-refractivity contribution in [2.45, 2.75) is 38.2 Å². The molecule has 4 heteroatoms. The van der Waals surface area contributed by atoms with Crippen LogP contribution < -0.4 is 5.73 Å². The van der Waals surface area contributed by atoms with Gasteiger partial charge in [0.2, 0.25) is 0 Å². The molecule has 14 heavy (non-hydrogen) atoms. The van der Waals surface area contributed by atoms with Gasteiger partial charge in [0.1, 0.15) is 0 Å². The molecule has 0 bridgehead atoms. The van der Waals surface area contributed by atoms with Crippen molar-refractivity contribution in [3.8, 4) is 0 Å². The van der Waals surface area contributed by atoms with Crippen LogP contribution in [0, 0.1) is 5.92 Å². The van der Waals surface area contributed by atoms with E-state index in [1.165, 1.54) is 6.42 Å². The molecule has 0 spiro atoms. The molecular weight excluding hydrogens is 186 g/mol. The maximum Gasteiger partial charge on any atom is 0.251 e. The summed E-state index contributed by atoms with van der Waals surface area (Å²) in [7, 11) is 1.78. The molecule has 0 radical (unpaired) electrons. The van der Waals surface area contributed by atoms with E-state index < -0.39 is 6.43 Å². The van der Waals surface area contributed by atoms with Crippen LogP contribution in [0.4, 0.5) is 8.78 Å². The van der Waals surface area contributed by atoms with Gasteiger partial charge in [-0.1, -0.05) is 12.8 Å². The third-order valence-electron chi connectivity index (χ3n) is 3.16. The van der Waals surface area contributed by atoms with Crippen LogP contribution in [-0.2, 0) is 0 Å². The Balaban J connectivity index is 2.45. The van der Waals surface area contributed by atoms with Gasteiger partial charge in [0.25, 0.3) is 6.43 Å². The fourth-order valence-electron chi connectivity index (χ4n) is 2.40. The van der Waals surface area contributed by atoms with Crippen molar-refractivity contribution in [2.75, 3.05) is 20.1 Å². The summed E-state index contributed by atoms with van der Waals surface area (Å²) in [5.41, 5.74) is 5.65. The van der Waals surface area contributed by atoms with Crippen LogP contribution in [0.5, 0.6) is 0 Å². The molecule has 0 aromatic heterocycles. The zero-order chi connectivity index (χ0) is 10.6. The topological polar surface area (TPSA) is 29.3 Å². The second kappa shape index (κ2) is 5.61. The third kappa shape index (κ3) is 3.17. The fourth-order valence-corrected chi connectivity index (χ4v) is 2.40. The Bertz CT molecular complexity index is 164. The van der Waals surface area contributed by atoms with Crippen molar-refractivity contribution in [1.82, 2.24) is 4.90 Å². The van der Waals surface area contributed by atoms with E-state index in [1.807, 2.05) is 0 Å². The Labute approximate surface area is 84.4 Å². The zero-order valence-electron chi connectivity index (χ0n) is 8.76. The Kier molecular flexibility index (Phi) is 4.75. The molecule has 2 nitrogen and oxygen atoms in total. The number of nitrogens with two attached hydrogens (primary N) is 1. The lowest BCUT2D eigenvalue weighted by molar-refractivity contribution is 0.0520. The summed E-state index contributed by atoms with van der Waals surface area (Å²) in [6.45, 7) is 0.499. The second-order valence-corrected chi connectivity index (χ2v) is 4.18. The van der Waals surface area contributed by atoms with Gasteiger partial charge in [-0.2, -0.15) is 0 Å². The van der Waals surface area contributed by atoms with Crippen molar-refractivity contribution < 1.29 is 8.78 Å². The predicted molar refractivity (Wildman–Crippen MR) is 53.4 cm³/mol. The van der Waals surface area contributed by atoms with Crippen LogP contribution in [0.1, 0.15) is 25.7 Å². The van der Waals surface area contributed by atoms with Gasteiger partial charge in [-0.3, -0.25) is 4.90 Å². The monoisotopic (exact) mass is 206 g/mol. The summed E-state index contributed by atoms with van der Waals surface area (Å²) in [4.78, 5) is 1.78. The average Bonchev–Trinajstić information content (AvgIpc) is 2.16. The first-order chi connectivity index (χ1) is 6.65. The molecular formula is C10H20F2N2. The highest BCUT2D eigenvalue weighted by atomic mass is 19.3. The van der Waals surface area contributed by atoms with Crippen molar-refractivity contribution >= 4 is 0 Å². The SMILES string of the molecule is CN(CC(F)F)C1CCCCC1CN. The second-order valence-electron chi connectivity index (χ2n) is 4.18. The molecule has 1 aliphatic carbocycles. The highest BCUT2D eigenvalue weighted by molar-refractivity contribution is 4.82. The summed E-state index contributed by atoms with van der Waals surface area (Å²) in [6, 6.07) is 0.266. The number of nitrogens with zero attached hydrogens (tertiary/aromatic N) is 1. The van der Waals surface area contributed by atoms with E-state index >= 15 is 0 Å². The molecule has 0 amide bonds. The normalized spacial score (nSPS) is 28.7. The van der Waals surface area contributed by atoms with Gasteiger partial charge in [-0.05, 0) is 32.4 Å². The highest BCUT2D eigenvalue weighted by Gasteiger charge is 2.28. The summed E-state index contributed by atoms with van der Waals surface area (Å²) in [6.07, 6.45) is 2.22. The summed E-state index contributed by atoms with van der Waals surface area (Å²) in [5.74, 6) is 0.410. The van der Waals surface area contributed by atoms with Crippen molar-refractivity contribution in [3.63, 3.8) is 0 Å². The molecule has 1 saturated carbocycles. The summed E-state index contributed by atoms with van der Waals surface area (Å²) in [5, 5.41) is 0. The number of hydrogen-bond acceptors (Lipinski definition) is 2. The minimum atomic E-state index is -2.24. The maximum absolute atomic E-state index is 12.2. The first-order valence-electron chi connectivity index (χ1n) is 5.33. The lowest BCUT2D eigenvalue weighted by Crippen LogP contribution is -2.44. The molecule has 1 aliphatic rings. The highest BCUT2D eigenvalue weighted by Crippen LogP contribution is 2.27. The number of alkyl halides is 2. The lowest BCUT2D eigenvalue weighted by Gasteiger charge is -2.37. The first kappa shape index (κ1) is 11.9. The average molecular weight is 206 g/mol. The molecule has 2 N–H and O–H groups in total. The van der Waals surface area contributed by atoms with Crippen LogP contribution in [-0.4, -0.2) is 37.5 Å². The van der Waals surface area contributed by atoms with Gasteiger partial charge in [0.15, 0.2) is 0 Å².